The van der Waals surface area contributed by atoms with Gasteiger partial charge in [0.1, 0.15) is 0 Å². The lowest BCUT2D eigenvalue weighted by Crippen LogP contribution is -2.66. The Morgan fingerprint density at radius 2 is 2.12 bits per heavy atom. The van der Waals surface area contributed by atoms with E-state index in [4.69, 9.17) is 0 Å². The molecule has 2 atom stereocenters. The molecule has 0 saturated heterocycles. The molecule has 136 valence electrons. The van der Waals surface area contributed by atoms with Crippen LogP contribution in [0.5, 0.6) is 0 Å². The maximum Gasteiger partial charge on any atom is 0.220 e. The third-order valence-corrected chi connectivity index (χ3v) is 6.57. The van der Waals surface area contributed by atoms with Gasteiger partial charge in [-0.3, -0.25) is 9.78 Å². The summed E-state index contributed by atoms with van der Waals surface area (Å²) in [6.07, 6.45) is 13.0. The number of nitrogens with one attached hydrogen (secondary N) is 1. The molecule has 4 bridgehead atoms. The largest absolute Gasteiger partial charge is 0.351 e. The minimum atomic E-state index is -0.0935. The summed E-state index contributed by atoms with van der Waals surface area (Å²) in [5, 5.41) is 16.0. The molecule has 4 fully saturated rings. The summed E-state index contributed by atoms with van der Waals surface area (Å²) in [7, 11) is 0. The van der Waals surface area contributed by atoms with Crippen molar-refractivity contribution in [2.45, 2.75) is 62.4 Å². The Morgan fingerprint density at radius 3 is 2.81 bits per heavy atom. The smallest absolute Gasteiger partial charge is 0.220 e. The quantitative estimate of drug-likeness (QED) is 0.888. The van der Waals surface area contributed by atoms with Crippen molar-refractivity contribution in [1.82, 2.24) is 30.5 Å². The molecule has 26 heavy (non-hydrogen) atoms. The molecule has 4 aliphatic rings. The molecule has 6 rings (SSSR count). The van der Waals surface area contributed by atoms with Crippen molar-refractivity contribution in [2.75, 3.05) is 0 Å². The van der Waals surface area contributed by atoms with E-state index >= 15 is 0 Å². The fourth-order valence-electron chi connectivity index (χ4n) is 6.14. The number of tetrazole rings is 1. The number of carbonyl (C=O) groups is 1. The lowest BCUT2D eigenvalue weighted by Gasteiger charge is -2.61. The van der Waals surface area contributed by atoms with E-state index < -0.39 is 0 Å². The van der Waals surface area contributed by atoms with Crippen LogP contribution in [0.15, 0.2) is 30.9 Å². The highest BCUT2D eigenvalue weighted by molar-refractivity contribution is 5.77. The Kier molecular flexibility index (Phi) is 3.58. The first-order valence-electron chi connectivity index (χ1n) is 9.58. The summed E-state index contributed by atoms with van der Waals surface area (Å²) in [5.74, 6) is 1.46. The van der Waals surface area contributed by atoms with Crippen molar-refractivity contribution in [1.29, 1.82) is 0 Å². The average Bonchev–Trinajstić information content (AvgIpc) is 3.15. The molecular weight excluding hydrogens is 328 g/mol. The van der Waals surface area contributed by atoms with Gasteiger partial charge in [-0.25, -0.2) is 0 Å². The molecule has 0 radical (unpaired) electrons. The van der Waals surface area contributed by atoms with E-state index in [-0.39, 0.29) is 17.0 Å². The number of aryl methyl sites for hydroxylation is 1. The predicted molar refractivity (Wildman–Crippen MR) is 93.9 cm³/mol. The Morgan fingerprint density at radius 1 is 1.27 bits per heavy atom. The zero-order valence-corrected chi connectivity index (χ0v) is 14.8. The van der Waals surface area contributed by atoms with E-state index in [1.807, 2.05) is 23.1 Å². The van der Waals surface area contributed by atoms with E-state index in [2.05, 4.69) is 25.7 Å². The lowest BCUT2D eigenvalue weighted by atomic mass is 9.50. The molecule has 2 aromatic rings. The molecule has 4 aliphatic carbocycles. The van der Waals surface area contributed by atoms with Crippen molar-refractivity contribution < 1.29 is 4.79 Å². The highest BCUT2D eigenvalue weighted by atomic mass is 16.1. The van der Waals surface area contributed by atoms with Gasteiger partial charge in [0.2, 0.25) is 5.91 Å². The highest BCUT2D eigenvalue weighted by Gasteiger charge is 2.60. The van der Waals surface area contributed by atoms with Crippen LogP contribution in [-0.2, 0) is 16.8 Å². The third-order valence-electron chi connectivity index (χ3n) is 6.57. The van der Waals surface area contributed by atoms with Gasteiger partial charge in [0.25, 0.3) is 0 Å². The van der Waals surface area contributed by atoms with Gasteiger partial charge in [0.15, 0.2) is 6.33 Å². The van der Waals surface area contributed by atoms with Crippen LogP contribution >= 0.6 is 0 Å². The number of pyridine rings is 1. The van der Waals surface area contributed by atoms with Crippen LogP contribution in [0.3, 0.4) is 0 Å². The topological polar surface area (TPSA) is 85.6 Å². The molecule has 7 heteroatoms. The van der Waals surface area contributed by atoms with Crippen LogP contribution in [0.1, 0.15) is 50.5 Å². The van der Waals surface area contributed by atoms with Crippen LogP contribution in [0.25, 0.3) is 0 Å². The molecule has 7 nitrogen and oxygen atoms in total. The molecule has 2 aromatic heterocycles. The van der Waals surface area contributed by atoms with Gasteiger partial charge in [0, 0.05) is 24.4 Å². The van der Waals surface area contributed by atoms with Gasteiger partial charge < -0.3 is 5.32 Å². The molecular formula is C19H24N6O. The fraction of sp³-hybridized carbons (Fsp3) is 0.632. The van der Waals surface area contributed by atoms with E-state index in [0.29, 0.717) is 18.3 Å². The Labute approximate surface area is 152 Å². The molecule has 4 saturated carbocycles. The Bertz CT molecular complexity index is 776. The van der Waals surface area contributed by atoms with Crippen LogP contribution in [-0.4, -0.2) is 36.6 Å². The lowest BCUT2D eigenvalue weighted by molar-refractivity contribution is -0.131. The maximum atomic E-state index is 12.7. The van der Waals surface area contributed by atoms with E-state index in [9.17, 15) is 4.79 Å². The Balaban J connectivity index is 1.31. The SMILES string of the molecule is O=C(CCc1cccnc1)NC12CC3CC(C1)CC(n1ncnn1)(C3)C2. The first-order chi connectivity index (χ1) is 12.6. The minimum absolute atomic E-state index is 0.0583. The van der Waals surface area contributed by atoms with E-state index in [1.54, 1.807) is 6.20 Å². The predicted octanol–water partition coefficient (Wildman–Crippen LogP) is 1.86. The van der Waals surface area contributed by atoms with Crippen LogP contribution in [0.4, 0.5) is 0 Å². The van der Waals surface area contributed by atoms with E-state index in [0.717, 1.165) is 44.1 Å². The number of hydrogen-bond acceptors (Lipinski definition) is 5. The minimum Gasteiger partial charge on any atom is -0.351 e. The molecule has 0 spiro atoms. The van der Waals surface area contributed by atoms with Crippen molar-refractivity contribution in [3.05, 3.63) is 36.4 Å². The van der Waals surface area contributed by atoms with Crippen molar-refractivity contribution in [3.8, 4) is 0 Å². The van der Waals surface area contributed by atoms with Crippen LogP contribution in [0, 0.1) is 11.8 Å². The molecule has 0 aromatic carbocycles. The molecule has 1 N–H and O–H groups in total. The van der Waals surface area contributed by atoms with Gasteiger partial charge in [-0.1, -0.05) is 6.07 Å². The normalized spacial score (nSPS) is 34.8. The summed E-state index contributed by atoms with van der Waals surface area (Å²) < 4.78 is 0. The van der Waals surface area contributed by atoms with Gasteiger partial charge in [0.05, 0.1) is 5.54 Å². The standard InChI is InChI=1S/C19H24N6O/c26-17(4-3-14-2-1-5-20-11-14)23-18-7-15-6-16(8-18)10-19(9-15,12-18)25-22-13-21-24-25/h1-2,5,11,13,15-16H,3-4,6-10,12H2,(H,23,26). The number of rotatable bonds is 5. The van der Waals surface area contributed by atoms with Crippen molar-refractivity contribution >= 4 is 5.91 Å². The second kappa shape index (κ2) is 5.86. The van der Waals surface area contributed by atoms with Gasteiger partial charge in [-0.15, -0.1) is 10.2 Å². The second-order valence-corrected chi connectivity index (χ2v) is 8.60. The summed E-state index contributed by atoms with van der Waals surface area (Å²) in [6, 6.07) is 3.94. The maximum absolute atomic E-state index is 12.7. The number of amides is 1. The zero-order chi connectivity index (χ0) is 17.6. The highest BCUT2D eigenvalue weighted by Crippen LogP contribution is 2.60. The van der Waals surface area contributed by atoms with Gasteiger partial charge in [-0.2, -0.15) is 4.80 Å². The van der Waals surface area contributed by atoms with Gasteiger partial charge >= 0.3 is 0 Å². The summed E-state index contributed by atoms with van der Waals surface area (Å²) >= 11 is 0. The summed E-state index contributed by atoms with van der Waals surface area (Å²) in [5.41, 5.74) is 0.956. The monoisotopic (exact) mass is 352 g/mol. The van der Waals surface area contributed by atoms with Crippen molar-refractivity contribution in [2.24, 2.45) is 11.8 Å². The third kappa shape index (κ3) is 2.70. The molecule has 2 unspecified atom stereocenters. The Hall–Kier alpha value is -2.31. The average molecular weight is 352 g/mol. The first kappa shape index (κ1) is 15.9. The number of aromatic nitrogens is 5. The summed E-state index contributed by atoms with van der Waals surface area (Å²) in [6.45, 7) is 0. The first-order valence-corrected chi connectivity index (χ1v) is 9.58. The number of hydrogen-bond donors (Lipinski definition) is 1. The zero-order valence-electron chi connectivity index (χ0n) is 14.8. The van der Waals surface area contributed by atoms with E-state index in [1.165, 1.54) is 12.7 Å². The molecule has 2 heterocycles. The number of carbonyl (C=O) groups excluding carboxylic acids is 1. The van der Waals surface area contributed by atoms with Gasteiger partial charge in [-0.05, 0) is 73.6 Å². The van der Waals surface area contributed by atoms with Crippen molar-refractivity contribution in [3.63, 3.8) is 0 Å². The van der Waals surface area contributed by atoms with Crippen LogP contribution < -0.4 is 5.32 Å². The molecule has 1 amide bonds. The summed E-state index contributed by atoms with van der Waals surface area (Å²) in [4.78, 5) is 18.7. The fourth-order valence-corrected chi connectivity index (χ4v) is 6.14. The second-order valence-electron chi connectivity index (χ2n) is 8.60. The van der Waals surface area contributed by atoms with Crippen LogP contribution in [0.2, 0.25) is 0 Å². The molecule has 0 aliphatic heterocycles. The number of nitrogens with zero attached hydrogens (tertiary/aromatic N) is 5.